The molecule has 0 saturated carbocycles. The first kappa shape index (κ1) is 27.0. The highest BCUT2D eigenvalue weighted by molar-refractivity contribution is 5.92. The third-order valence-electron chi connectivity index (χ3n) is 6.40. The Morgan fingerprint density at radius 3 is 2.69 bits per heavy atom. The van der Waals surface area contributed by atoms with E-state index in [9.17, 15) is 14.0 Å². The van der Waals surface area contributed by atoms with Crippen molar-refractivity contribution in [2.45, 2.75) is 64.8 Å². The van der Waals surface area contributed by atoms with E-state index in [1.165, 1.54) is 11.6 Å². The van der Waals surface area contributed by atoms with Gasteiger partial charge in [0, 0.05) is 50.1 Å². The van der Waals surface area contributed by atoms with Gasteiger partial charge in [0.25, 0.3) is 0 Å². The molecular weight excluding hydrogens is 457 g/mol. The molecule has 0 radical (unpaired) electrons. The van der Waals surface area contributed by atoms with Crippen LogP contribution in [0.1, 0.15) is 80.4 Å². The third kappa shape index (κ3) is 6.17. The number of halogens is 1. The smallest absolute Gasteiger partial charge is 0.217 e. The summed E-state index contributed by atoms with van der Waals surface area (Å²) >= 11 is 0. The lowest BCUT2D eigenvalue weighted by atomic mass is 10.0. The van der Waals surface area contributed by atoms with E-state index in [2.05, 4.69) is 29.8 Å². The second-order valence-electron chi connectivity index (χ2n) is 9.15. The number of carbonyl (C=O) groups is 2. The van der Waals surface area contributed by atoms with E-state index in [1.807, 2.05) is 31.0 Å². The predicted molar refractivity (Wildman–Crippen MR) is 139 cm³/mol. The van der Waals surface area contributed by atoms with Gasteiger partial charge >= 0.3 is 0 Å². The first-order valence-electron chi connectivity index (χ1n) is 12.6. The number of aromatic nitrogens is 3. The number of benzene rings is 1. The standard InChI is InChI=1S/C15H16FN3O.C13H20N2O/c1-2-5-13(20)15-17-14-9-8-12(19(14)18-15)10-6-3-4-7-11(10)16;1-5-6-7-12-9-14(3)11(2)8-13(12)15(4)10-16/h3-4,6-7,12H,2,5,8-9H2,1H3;8-10H,2,5-7H2,1,3-4H3. The molecule has 192 valence electrons. The molecule has 1 atom stereocenters. The van der Waals surface area contributed by atoms with Gasteiger partial charge in [0.1, 0.15) is 11.6 Å². The zero-order valence-corrected chi connectivity index (χ0v) is 21.7. The number of carbonyl (C=O) groups excluding carboxylic acids is 2. The van der Waals surface area contributed by atoms with Gasteiger partial charge in [-0.2, -0.15) is 0 Å². The average molecular weight is 494 g/mol. The van der Waals surface area contributed by atoms with Crippen LogP contribution in [0.3, 0.4) is 0 Å². The van der Waals surface area contributed by atoms with Crippen LogP contribution in [0.15, 0.2) is 60.1 Å². The molecule has 2 aliphatic heterocycles. The summed E-state index contributed by atoms with van der Waals surface area (Å²) in [5, 5.41) is 4.30. The van der Waals surface area contributed by atoms with E-state index in [1.54, 1.807) is 28.8 Å². The maximum atomic E-state index is 13.9. The van der Waals surface area contributed by atoms with Gasteiger partial charge < -0.3 is 9.80 Å². The number of Topliss-reactive ketones (excluding diaryl/α,β-unsaturated/α-hetero) is 1. The van der Waals surface area contributed by atoms with Crippen molar-refractivity contribution < 1.29 is 14.0 Å². The molecule has 1 aromatic heterocycles. The molecule has 2 aromatic rings. The van der Waals surface area contributed by atoms with Gasteiger partial charge in [0.2, 0.25) is 18.0 Å². The fourth-order valence-corrected chi connectivity index (χ4v) is 4.33. The van der Waals surface area contributed by atoms with Crippen LogP contribution in [0.2, 0.25) is 0 Å². The lowest BCUT2D eigenvalue weighted by Gasteiger charge is -2.28. The summed E-state index contributed by atoms with van der Waals surface area (Å²) < 4.78 is 15.6. The van der Waals surface area contributed by atoms with Crippen LogP contribution in [0.4, 0.5) is 4.39 Å². The summed E-state index contributed by atoms with van der Waals surface area (Å²) in [6, 6.07) is 6.56. The van der Waals surface area contributed by atoms with Gasteiger partial charge in [0.15, 0.2) is 0 Å². The van der Waals surface area contributed by atoms with Gasteiger partial charge in [0.05, 0.1) is 6.04 Å². The van der Waals surface area contributed by atoms with Gasteiger partial charge in [-0.3, -0.25) is 9.59 Å². The van der Waals surface area contributed by atoms with Gasteiger partial charge in [-0.25, -0.2) is 14.1 Å². The predicted octanol–water partition coefficient (Wildman–Crippen LogP) is 5.43. The first-order chi connectivity index (χ1) is 17.3. The Labute approximate surface area is 213 Å². The molecule has 1 amide bonds. The molecule has 0 spiro atoms. The Morgan fingerprint density at radius 1 is 1.28 bits per heavy atom. The quantitative estimate of drug-likeness (QED) is 0.344. The van der Waals surface area contributed by atoms with Crippen molar-refractivity contribution in [3.63, 3.8) is 0 Å². The SMILES string of the molecule is C=C1C=C(N(C)C=O)C(CCCC)=CN1C.CCCC(=O)c1nc2n(n1)C(c1ccccc1F)CC2. The minimum atomic E-state index is -0.234. The van der Waals surface area contributed by atoms with Crippen molar-refractivity contribution in [3.8, 4) is 0 Å². The molecule has 4 rings (SSSR count). The largest absolute Gasteiger partial charge is 0.351 e. The molecule has 3 heterocycles. The summed E-state index contributed by atoms with van der Waals surface area (Å²) in [6.07, 6.45) is 10.9. The number of fused-ring (bicyclic) bond motifs is 1. The van der Waals surface area contributed by atoms with Crippen LogP contribution in [0, 0.1) is 5.82 Å². The molecule has 0 aliphatic carbocycles. The molecule has 0 N–H and O–H groups in total. The summed E-state index contributed by atoms with van der Waals surface area (Å²) in [7, 11) is 3.75. The molecular formula is C28H36FN5O2. The van der Waals surface area contributed by atoms with Crippen LogP contribution < -0.4 is 0 Å². The highest BCUT2D eigenvalue weighted by Gasteiger charge is 2.29. The number of unbranched alkanes of at least 4 members (excludes halogenated alkanes) is 1. The van der Waals surface area contributed by atoms with Crippen molar-refractivity contribution >= 4 is 12.2 Å². The minimum Gasteiger partial charge on any atom is -0.351 e. The van der Waals surface area contributed by atoms with E-state index in [0.717, 1.165) is 62.2 Å². The number of ketones is 1. The minimum absolute atomic E-state index is 0.0401. The number of aryl methyl sites for hydroxylation is 1. The Hall–Kier alpha value is -3.55. The fourth-order valence-electron chi connectivity index (χ4n) is 4.33. The Kier molecular flexibility index (Phi) is 9.33. The zero-order valence-electron chi connectivity index (χ0n) is 21.7. The zero-order chi connectivity index (χ0) is 26.2. The van der Waals surface area contributed by atoms with E-state index < -0.39 is 0 Å². The normalized spacial score (nSPS) is 16.5. The Balaban J connectivity index is 0.000000207. The summed E-state index contributed by atoms with van der Waals surface area (Å²) in [5.41, 5.74) is 3.69. The second kappa shape index (κ2) is 12.4. The Morgan fingerprint density at radius 2 is 2.03 bits per heavy atom. The fraction of sp³-hybridized carbons (Fsp3) is 0.429. The van der Waals surface area contributed by atoms with E-state index in [4.69, 9.17) is 0 Å². The lowest BCUT2D eigenvalue weighted by molar-refractivity contribution is -0.115. The maximum Gasteiger partial charge on any atom is 0.217 e. The number of amides is 1. The molecule has 1 aromatic carbocycles. The molecule has 0 saturated heterocycles. The molecule has 8 heteroatoms. The van der Waals surface area contributed by atoms with Crippen molar-refractivity contribution in [2.75, 3.05) is 14.1 Å². The number of nitrogens with zero attached hydrogens (tertiary/aromatic N) is 5. The maximum absolute atomic E-state index is 13.9. The summed E-state index contributed by atoms with van der Waals surface area (Å²) in [6.45, 7) is 8.05. The Bertz CT molecular complexity index is 1170. The van der Waals surface area contributed by atoms with Gasteiger partial charge in [-0.05, 0) is 43.4 Å². The number of hydrogen-bond acceptors (Lipinski definition) is 5. The molecule has 2 aliphatic rings. The highest BCUT2D eigenvalue weighted by atomic mass is 19.1. The van der Waals surface area contributed by atoms with Crippen molar-refractivity contribution in [1.82, 2.24) is 24.6 Å². The monoisotopic (exact) mass is 493 g/mol. The van der Waals surface area contributed by atoms with E-state index in [-0.39, 0.29) is 23.5 Å². The topological polar surface area (TPSA) is 71.3 Å². The van der Waals surface area contributed by atoms with Crippen molar-refractivity contribution in [3.05, 3.63) is 83.1 Å². The van der Waals surface area contributed by atoms with Crippen LogP contribution >= 0.6 is 0 Å². The number of likely N-dealkylation sites (N-methyl/N-ethyl adjacent to an activating group) is 2. The van der Waals surface area contributed by atoms with Crippen LogP contribution in [0.5, 0.6) is 0 Å². The van der Waals surface area contributed by atoms with Gasteiger partial charge in [-0.1, -0.05) is 45.0 Å². The average Bonchev–Trinajstić information content (AvgIpc) is 3.46. The molecule has 0 fully saturated rings. The van der Waals surface area contributed by atoms with Crippen LogP contribution in [-0.4, -0.2) is 50.9 Å². The van der Waals surface area contributed by atoms with Crippen LogP contribution in [-0.2, 0) is 11.2 Å². The summed E-state index contributed by atoms with van der Waals surface area (Å²) in [5.74, 6) is 0.768. The third-order valence-corrected chi connectivity index (χ3v) is 6.40. The highest BCUT2D eigenvalue weighted by Crippen LogP contribution is 2.32. The number of allylic oxidation sites excluding steroid dienone is 2. The molecule has 0 bridgehead atoms. The van der Waals surface area contributed by atoms with E-state index >= 15 is 0 Å². The van der Waals surface area contributed by atoms with Crippen molar-refractivity contribution in [1.29, 1.82) is 0 Å². The second-order valence-corrected chi connectivity index (χ2v) is 9.15. The van der Waals surface area contributed by atoms with Crippen LogP contribution in [0.25, 0.3) is 0 Å². The number of rotatable bonds is 9. The molecule has 36 heavy (non-hydrogen) atoms. The van der Waals surface area contributed by atoms with Gasteiger partial charge in [-0.15, -0.1) is 5.10 Å². The number of hydrogen-bond donors (Lipinski definition) is 0. The molecule has 7 nitrogen and oxygen atoms in total. The molecule has 1 unspecified atom stereocenters. The van der Waals surface area contributed by atoms with Crippen molar-refractivity contribution in [2.24, 2.45) is 0 Å². The lowest BCUT2D eigenvalue weighted by Crippen LogP contribution is -2.23. The van der Waals surface area contributed by atoms with E-state index in [0.29, 0.717) is 12.0 Å². The summed E-state index contributed by atoms with van der Waals surface area (Å²) in [4.78, 5) is 30.6. The first-order valence-corrected chi connectivity index (χ1v) is 12.6.